The minimum absolute atomic E-state index is 0.213. The summed E-state index contributed by atoms with van der Waals surface area (Å²) < 4.78 is 5.23. The first kappa shape index (κ1) is 14.5. The number of carbonyl (C=O) groups excluding carboxylic acids is 1. The predicted molar refractivity (Wildman–Crippen MR) is 67.4 cm³/mol. The fourth-order valence-corrected chi connectivity index (χ4v) is 1.92. The van der Waals surface area contributed by atoms with Crippen LogP contribution in [0.2, 0.25) is 0 Å². The Morgan fingerprint density at radius 2 is 2.00 bits per heavy atom. The number of amides is 1. The van der Waals surface area contributed by atoms with Gasteiger partial charge in [0, 0.05) is 12.1 Å². The van der Waals surface area contributed by atoms with Crippen molar-refractivity contribution in [3.63, 3.8) is 0 Å². The van der Waals surface area contributed by atoms with Gasteiger partial charge in [0.05, 0.1) is 6.04 Å². The van der Waals surface area contributed by atoms with E-state index in [1.165, 1.54) is 4.90 Å². The summed E-state index contributed by atoms with van der Waals surface area (Å²) in [6.45, 7) is 7.59. The first-order chi connectivity index (χ1) is 8.20. The van der Waals surface area contributed by atoms with Gasteiger partial charge in [0.1, 0.15) is 5.60 Å². The van der Waals surface area contributed by atoms with Gasteiger partial charge in [-0.15, -0.1) is 0 Å². The third-order valence-electron chi connectivity index (χ3n) is 2.71. The highest BCUT2D eigenvalue weighted by Crippen LogP contribution is 2.20. The molecule has 0 aromatic carbocycles. The first-order valence-corrected chi connectivity index (χ1v) is 6.12. The quantitative estimate of drug-likeness (QED) is 0.608. The molecule has 1 aliphatic heterocycles. The van der Waals surface area contributed by atoms with E-state index in [0.29, 0.717) is 12.1 Å². The third kappa shape index (κ3) is 4.05. The topological polar surface area (TPSA) is 66.8 Å². The molecule has 1 N–H and O–H groups in total. The van der Waals surface area contributed by atoms with E-state index in [-0.39, 0.29) is 12.0 Å². The standard InChI is InChI=1S/C13H21NO4/c1-9(11(15)18-13(2,3)4)8-10-6-5-7-14(10)12(16)17/h8,10H,5-7H2,1-4H3,(H,16,17)/t10-/m0/s1. The number of nitrogens with zero attached hydrogens (tertiary/aromatic N) is 1. The molecular weight excluding hydrogens is 234 g/mol. The number of esters is 1. The number of rotatable bonds is 2. The van der Waals surface area contributed by atoms with Crippen LogP contribution in [0.4, 0.5) is 4.79 Å². The third-order valence-corrected chi connectivity index (χ3v) is 2.71. The molecule has 0 aromatic rings. The Morgan fingerprint density at radius 1 is 1.39 bits per heavy atom. The van der Waals surface area contributed by atoms with Crippen LogP contribution >= 0.6 is 0 Å². The fourth-order valence-electron chi connectivity index (χ4n) is 1.92. The van der Waals surface area contributed by atoms with Gasteiger partial charge in [-0.05, 0) is 40.5 Å². The maximum Gasteiger partial charge on any atom is 0.407 e. The lowest BCUT2D eigenvalue weighted by molar-refractivity contribution is -0.149. The fraction of sp³-hybridized carbons (Fsp3) is 0.692. The van der Waals surface area contributed by atoms with Crippen molar-refractivity contribution in [3.05, 3.63) is 11.6 Å². The Balaban J connectivity index is 2.71. The Kier molecular flexibility index (Phi) is 4.38. The number of hydrogen-bond acceptors (Lipinski definition) is 3. The van der Waals surface area contributed by atoms with Crippen LogP contribution in [0.15, 0.2) is 11.6 Å². The van der Waals surface area contributed by atoms with E-state index < -0.39 is 11.7 Å². The summed E-state index contributed by atoms with van der Waals surface area (Å²) in [7, 11) is 0. The highest BCUT2D eigenvalue weighted by atomic mass is 16.6. The lowest BCUT2D eigenvalue weighted by atomic mass is 10.1. The van der Waals surface area contributed by atoms with Gasteiger partial charge in [-0.1, -0.05) is 6.08 Å². The van der Waals surface area contributed by atoms with Crippen molar-refractivity contribution >= 4 is 12.1 Å². The van der Waals surface area contributed by atoms with E-state index in [1.807, 2.05) is 0 Å². The summed E-state index contributed by atoms with van der Waals surface area (Å²) in [5, 5.41) is 9.00. The maximum absolute atomic E-state index is 11.8. The van der Waals surface area contributed by atoms with Crippen LogP contribution in [0.1, 0.15) is 40.5 Å². The number of likely N-dealkylation sites (tertiary alicyclic amines) is 1. The van der Waals surface area contributed by atoms with E-state index in [1.54, 1.807) is 33.8 Å². The van der Waals surface area contributed by atoms with Gasteiger partial charge in [0.25, 0.3) is 0 Å². The maximum atomic E-state index is 11.8. The number of carbonyl (C=O) groups is 2. The molecule has 18 heavy (non-hydrogen) atoms. The Labute approximate surface area is 107 Å². The molecule has 5 nitrogen and oxygen atoms in total. The minimum atomic E-state index is -0.939. The zero-order chi connectivity index (χ0) is 13.9. The highest BCUT2D eigenvalue weighted by Gasteiger charge is 2.28. The van der Waals surface area contributed by atoms with Gasteiger partial charge in [-0.3, -0.25) is 0 Å². The lowest BCUT2D eigenvalue weighted by Gasteiger charge is -2.21. The second-order valence-corrected chi connectivity index (χ2v) is 5.54. The first-order valence-electron chi connectivity index (χ1n) is 6.12. The molecule has 1 saturated heterocycles. The van der Waals surface area contributed by atoms with Gasteiger partial charge in [0.15, 0.2) is 0 Å². The summed E-state index contributed by atoms with van der Waals surface area (Å²) in [5.41, 5.74) is -0.0722. The lowest BCUT2D eigenvalue weighted by Crippen LogP contribution is -2.33. The molecule has 0 saturated carbocycles. The predicted octanol–water partition coefficient (Wildman–Crippen LogP) is 2.42. The Hall–Kier alpha value is -1.52. The largest absolute Gasteiger partial charge is 0.465 e. The highest BCUT2D eigenvalue weighted by molar-refractivity contribution is 5.88. The smallest absolute Gasteiger partial charge is 0.407 e. The van der Waals surface area contributed by atoms with Crippen molar-refractivity contribution in [2.45, 2.75) is 52.2 Å². The van der Waals surface area contributed by atoms with Crippen molar-refractivity contribution in [2.24, 2.45) is 0 Å². The molecule has 0 aromatic heterocycles. The molecule has 102 valence electrons. The molecule has 0 bridgehead atoms. The minimum Gasteiger partial charge on any atom is -0.465 e. The molecule has 1 aliphatic rings. The molecule has 0 aliphatic carbocycles. The van der Waals surface area contributed by atoms with Crippen LogP contribution in [-0.4, -0.2) is 40.3 Å². The van der Waals surface area contributed by atoms with Crippen LogP contribution in [0, 0.1) is 0 Å². The van der Waals surface area contributed by atoms with Crippen LogP contribution in [0.25, 0.3) is 0 Å². The van der Waals surface area contributed by atoms with Crippen LogP contribution in [0.5, 0.6) is 0 Å². The van der Waals surface area contributed by atoms with Gasteiger partial charge in [-0.2, -0.15) is 0 Å². The monoisotopic (exact) mass is 255 g/mol. The second kappa shape index (κ2) is 5.42. The molecule has 1 amide bonds. The van der Waals surface area contributed by atoms with Crippen molar-refractivity contribution in [1.82, 2.24) is 4.90 Å². The van der Waals surface area contributed by atoms with E-state index in [2.05, 4.69) is 0 Å². The van der Waals surface area contributed by atoms with Gasteiger partial charge in [0.2, 0.25) is 0 Å². The van der Waals surface area contributed by atoms with E-state index in [9.17, 15) is 9.59 Å². The van der Waals surface area contributed by atoms with E-state index in [0.717, 1.165) is 12.8 Å². The number of ether oxygens (including phenoxy) is 1. The van der Waals surface area contributed by atoms with E-state index >= 15 is 0 Å². The summed E-state index contributed by atoms with van der Waals surface area (Å²) in [5.74, 6) is -0.389. The molecule has 1 fully saturated rings. The molecule has 0 unspecified atom stereocenters. The SMILES string of the molecule is CC(=C[C@@H]1CCCN1C(=O)O)C(=O)OC(C)(C)C. The average Bonchev–Trinajstić information content (AvgIpc) is 2.62. The normalized spacial score (nSPS) is 21.0. The van der Waals surface area contributed by atoms with Gasteiger partial charge in [-0.25, -0.2) is 9.59 Å². The van der Waals surface area contributed by atoms with Gasteiger partial charge >= 0.3 is 12.1 Å². The number of hydrogen-bond donors (Lipinski definition) is 1. The van der Waals surface area contributed by atoms with E-state index in [4.69, 9.17) is 9.84 Å². The van der Waals surface area contributed by atoms with Crippen molar-refractivity contribution < 1.29 is 19.4 Å². The molecule has 1 atom stereocenters. The summed E-state index contributed by atoms with van der Waals surface area (Å²) >= 11 is 0. The summed E-state index contributed by atoms with van der Waals surface area (Å²) in [4.78, 5) is 24.1. The summed E-state index contributed by atoms with van der Waals surface area (Å²) in [6.07, 6.45) is 2.34. The van der Waals surface area contributed by atoms with Crippen molar-refractivity contribution in [1.29, 1.82) is 0 Å². The molecule has 1 heterocycles. The van der Waals surface area contributed by atoms with Crippen LogP contribution in [0.3, 0.4) is 0 Å². The van der Waals surface area contributed by atoms with Crippen molar-refractivity contribution in [3.8, 4) is 0 Å². The van der Waals surface area contributed by atoms with Crippen molar-refractivity contribution in [2.75, 3.05) is 6.54 Å². The second-order valence-electron chi connectivity index (χ2n) is 5.54. The molecule has 1 rings (SSSR count). The average molecular weight is 255 g/mol. The summed E-state index contributed by atoms with van der Waals surface area (Å²) in [6, 6.07) is -0.213. The molecular formula is C13H21NO4. The van der Waals surface area contributed by atoms with Crippen LogP contribution in [-0.2, 0) is 9.53 Å². The Bertz CT molecular complexity index is 368. The Morgan fingerprint density at radius 3 is 2.50 bits per heavy atom. The molecule has 0 spiro atoms. The van der Waals surface area contributed by atoms with Gasteiger partial charge < -0.3 is 14.7 Å². The number of carboxylic acid groups (broad SMARTS) is 1. The molecule has 0 radical (unpaired) electrons. The zero-order valence-corrected chi connectivity index (χ0v) is 11.4. The zero-order valence-electron chi connectivity index (χ0n) is 11.4. The van der Waals surface area contributed by atoms with Crippen LogP contribution < -0.4 is 0 Å². The molecule has 5 heteroatoms.